The standard InChI is InChI=1S/C67H107N19O23S3/c1-33(88)51(81-54(95)38(12-4-6-20-69)73-55(96)40(26-50(92)93)75-58(99)42(29-110)78-57(98)41(28-87)77-53(94)37(11-3-5-19-68)74-59(100)45-13-7-21-83(45)63(104)36(70)17-18-49(90)91)61(102)76-39(25-35-27-71-32-72-35)56(97)82-52(34(2)89)62(103)80-44(31-112)64(105)85-23-9-15-47(85)66(107)84-22-8-14-46(84)60(101)79-43(30-111)65(106)86-24-10-16-48(86)67(108)109/h27,32-34,36-48,51-52,87-89,110-112H,3-26,28-31,68-70H2,1-2H3,(H,71,72)(H,73,96)(H,74,100)(H,75,99)(H,76,102)(H,77,94)(H,78,98)(H,79,101)(H,80,103)(H,81,95)(H,82,97)(H,90,91)(H,92,93)(H,108,109)/t33-,34-,36+,37+,38+,39+,40+,41+,42+,43+,44+,45+,46+,47+,48+,51+,52+/m1/s1. The summed E-state index contributed by atoms with van der Waals surface area (Å²) in [5.74, 6) is -18.8. The van der Waals surface area contributed by atoms with Gasteiger partial charge in [0, 0.05) is 62.5 Å². The predicted molar refractivity (Wildman–Crippen MR) is 403 cm³/mol. The summed E-state index contributed by atoms with van der Waals surface area (Å²) in [6.07, 6.45) is -0.270. The number of likely N-dealkylation sites (tertiary alicyclic amines) is 4. The van der Waals surface area contributed by atoms with E-state index in [2.05, 4.69) is 101 Å². The molecule has 0 aliphatic carbocycles. The van der Waals surface area contributed by atoms with Crippen molar-refractivity contribution in [3.05, 3.63) is 18.2 Å². The molecule has 4 fully saturated rings. The second kappa shape index (κ2) is 46.3. The Bertz CT molecular complexity index is 3480. The molecule has 17 atom stereocenters. The van der Waals surface area contributed by atoms with Crippen LogP contribution in [0.25, 0.3) is 0 Å². The highest BCUT2D eigenvalue weighted by molar-refractivity contribution is 7.80. The van der Waals surface area contributed by atoms with Crippen LogP contribution in [0.1, 0.15) is 129 Å². The Morgan fingerprint density at radius 2 is 0.866 bits per heavy atom. The Balaban J connectivity index is 1.25. The van der Waals surface area contributed by atoms with Crippen molar-refractivity contribution in [2.24, 2.45) is 17.2 Å². The van der Waals surface area contributed by atoms with E-state index in [0.717, 1.165) is 13.8 Å². The maximum atomic E-state index is 14.4. The van der Waals surface area contributed by atoms with Gasteiger partial charge in [-0.3, -0.25) is 76.7 Å². The van der Waals surface area contributed by atoms with Crippen LogP contribution in [-0.2, 0) is 87.9 Å². The summed E-state index contributed by atoms with van der Waals surface area (Å²) >= 11 is 12.7. The van der Waals surface area contributed by atoms with Crippen LogP contribution in [0.2, 0.25) is 0 Å². The lowest BCUT2D eigenvalue weighted by atomic mass is 10.0. The van der Waals surface area contributed by atoms with E-state index in [1.807, 2.05) is 0 Å². The first-order chi connectivity index (χ1) is 53.2. The Labute approximate surface area is 661 Å². The molecule has 112 heavy (non-hydrogen) atoms. The average Bonchev–Trinajstić information content (AvgIpc) is 1.64. The molecule has 0 aromatic carbocycles. The van der Waals surface area contributed by atoms with Gasteiger partial charge in [0.05, 0.1) is 43.3 Å². The van der Waals surface area contributed by atoms with Crippen LogP contribution in [0.5, 0.6) is 0 Å². The van der Waals surface area contributed by atoms with Crippen LogP contribution in [0.3, 0.4) is 0 Å². The second-order valence-corrected chi connectivity index (χ2v) is 28.8. The van der Waals surface area contributed by atoms with Crippen LogP contribution in [0, 0.1) is 0 Å². The molecule has 5 heterocycles. The Morgan fingerprint density at radius 3 is 1.35 bits per heavy atom. The van der Waals surface area contributed by atoms with Gasteiger partial charge in [0.1, 0.15) is 84.6 Å². The zero-order chi connectivity index (χ0) is 83.2. The van der Waals surface area contributed by atoms with Gasteiger partial charge in [-0.15, -0.1) is 0 Å². The topological polar surface area (TPSA) is 652 Å². The van der Waals surface area contributed by atoms with Gasteiger partial charge >= 0.3 is 17.9 Å². The number of nitrogens with two attached hydrogens (primary N) is 3. The summed E-state index contributed by atoms with van der Waals surface area (Å²) in [5, 5.41) is 85.0. The van der Waals surface area contributed by atoms with E-state index in [1.54, 1.807) is 0 Å². The molecule has 0 bridgehead atoms. The third-order valence-corrected chi connectivity index (χ3v) is 20.5. The number of aliphatic carboxylic acids is 3. The van der Waals surface area contributed by atoms with Crippen LogP contribution < -0.4 is 70.4 Å². The first kappa shape index (κ1) is 93.6. The van der Waals surface area contributed by atoms with E-state index in [0.29, 0.717) is 32.1 Å². The van der Waals surface area contributed by atoms with Crippen LogP contribution >= 0.6 is 37.9 Å². The lowest BCUT2D eigenvalue weighted by Gasteiger charge is -2.34. The van der Waals surface area contributed by atoms with Crippen molar-refractivity contribution in [3.8, 4) is 0 Å². The number of carbonyl (C=O) groups is 17. The van der Waals surface area contributed by atoms with Crippen molar-refractivity contribution in [2.75, 3.05) is 63.1 Å². The van der Waals surface area contributed by atoms with Crippen molar-refractivity contribution in [1.29, 1.82) is 0 Å². The van der Waals surface area contributed by atoms with Gasteiger partial charge in [0.25, 0.3) is 0 Å². The molecule has 4 aliphatic heterocycles. The molecule has 1 aromatic heterocycles. The zero-order valence-electron chi connectivity index (χ0n) is 62.2. The normalized spacial score (nSPS) is 20.2. The zero-order valence-corrected chi connectivity index (χ0v) is 64.9. The molecule has 1 aromatic rings. The molecule has 4 saturated heterocycles. The van der Waals surface area contributed by atoms with Crippen molar-refractivity contribution < 1.29 is 112 Å². The van der Waals surface area contributed by atoms with E-state index >= 15 is 0 Å². The van der Waals surface area contributed by atoms with Gasteiger partial charge < -0.3 is 126 Å². The molecule has 0 saturated carbocycles. The summed E-state index contributed by atoms with van der Waals surface area (Å²) < 4.78 is 0. The third-order valence-electron chi connectivity index (χ3n) is 19.4. The Hall–Kier alpha value is -8.99. The number of carbonyl (C=O) groups excluding carboxylic acids is 14. The maximum Gasteiger partial charge on any atom is 0.326 e. The molecule has 5 rings (SSSR count). The third kappa shape index (κ3) is 27.1. The Morgan fingerprint density at radius 1 is 0.473 bits per heavy atom. The minimum absolute atomic E-state index is 0.0242. The van der Waals surface area contributed by atoms with Gasteiger partial charge in [0.2, 0.25) is 82.7 Å². The molecule has 42 nitrogen and oxygen atoms in total. The minimum Gasteiger partial charge on any atom is -0.481 e. The molecule has 0 radical (unpaired) electrons. The number of aliphatic hydroxyl groups is 3. The number of nitrogens with zero attached hydrogens (tertiary/aromatic N) is 5. The van der Waals surface area contributed by atoms with Crippen molar-refractivity contribution in [2.45, 2.75) is 232 Å². The number of hydrogen-bond donors (Lipinski definition) is 23. The summed E-state index contributed by atoms with van der Waals surface area (Å²) in [7, 11) is 0. The summed E-state index contributed by atoms with van der Waals surface area (Å²) in [5.41, 5.74) is 17.5. The minimum atomic E-state index is -2.04. The lowest BCUT2D eigenvalue weighted by molar-refractivity contribution is -0.150. The number of nitrogens with one attached hydrogen (secondary N) is 11. The number of imidazole rings is 1. The van der Waals surface area contributed by atoms with Gasteiger partial charge in [-0.2, -0.15) is 37.9 Å². The monoisotopic (exact) mass is 1640 g/mol. The van der Waals surface area contributed by atoms with Crippen molar-refractivity contribution in [3.63, 3.8) is 0 Å². The molecular formula is C67H107N19O23S3. The number of rotatable bonds is 46. The summed E-state index contributed by atoms with van der Waals surface area (Å²) in [6, 6.07) is -22.6. The number of unbranched alkanes of at least 4 members (excludes halogenated alkanes) is 2. The van der Waals surface area contributed by atoms with Gasteiger partial charge in [-0.05, 0) is 123 Å². The number of carboxylic acids is 3. The number of aliphatic hydroxyl groups excluding tert-OH is 3. The molecule has 14 amide bonds. The van der Waals surface area contributed by atoms with E-state index in [-0.39, 0.29) is 121 Å². The van der Waals surface area contributed by atoms with Crippen LogP contribution in [0.4, 0.5) is 0 Å². The quantitative estimate of drug-likeness (QED) is 0.0213. The smallest absolute Gasteiger partial charge is 0.326 e. The van der Waals surface area contributed by atoms with E-state index in [9.17, 15) is 107 Å². The highest BCUT2D eigenvalue weighted by Gasteiger charge is 2.47. The molecule has 0 unspecified atom stereocenters. The number of carboxylic acid groups (broad SMARTS) is 3. The van der Waals surface area contributed by atoms with E-state index in [4.69, 9.17) is 22.3 Å². The van der Waals surface area contributed by atoms with Gasteiger partial charge in [-0.1, -0.05) is 0 Å². The second-order valence-electron chi connectivity index (χ2n) is 27.7. The number of aromatic amines is 1. The van der Waals surface area contributed by atoms with Gasteiger partial charge in [-0.25, -0.2) is 9.78 Å². The molecule has 23 N–H and O–H groups in total. The molecular weight excluding hydrogens is 1540 g/mol. The van der Waals surface area contributed by atoms with E-state index in [1.165, 1.54) is 32.1 Å². The molecule has 0 spiro atoms. The van der Waals surface area contributed by atoms with Crippen LogP contribution in [0.15, 0.2) is 12.5 Å². The van der Waals surface area contributed by atoms with Gasteiger partial charge in [0.15, 0.2) is 0 Å². The fourth-order valence-corrected chi connectivity index (χ4v) is 14.1. The first-order valence-electron chi connectivity index (χ1n) is 37.0. The molecule has 626 valence electrons. The fraction of sp³-hybridized carbons (Fsp3) is 0.701. The fourth-order valence-electron chi connectivity index (χ4n) is 13.3. The number of aromatic nitrogens is 2. The molecule has 45 heteroatoms. The summed E-state index contributed by atoms with van der Waals surface area (Å²) in [4.78, 5) is 243. The number of thiol groups is 3. The maximum absolute atomic E-state index is 14.4. The summed E-state index contributed by atoms with van der Waals surface area (Å²) in [6.45, 7) is 1.77. The molecule has 4 aliphatic rings. The lowest BCUT2D eigenvalue weighted by Crippen LogP contribution is -2.63. The number of H-pyrrole nitrogens is 1. The number of amides is 14. The van der Waals surface area contributed by atoms with Crippen LogP contribution in [-0.4, -0.2) is 327 Å². The average molecular weight is 1640 g/mol. The predicted octanol–water partition coefficient (Wildman–Crippen LogP) is -8.68. The first-order valence-corrected chi connectivity index (χ1v) is 38.9. The number of hydrogen-bond acceptors (Lipinski definition) is 27. The Kier molecular flexibility index (Phi) is 38.7. The SMILES string of the molecule is C[C@@H](O)[C@H](NC(=O)[C@H](CCCCN)NC(=O)[C@H](CC(=O)O)NC(=O)[C@H](CS)NC(=O)[C@H](CO)NC(=O)[C@H](CCCCN)NC(=O)[C@@H]1CCCN1C(=O)[C@@H](N)CCC(=O)O)C(=O)N[C@@H](Cc1c[nH]cn1)C(=O)N[C@H](C(=O)N[C@@H](CS)C(=O)N1CCC[C@H]1C(=O)N1CCC[C@H]1C(=O)N[C@@H](CS)C(=O)N1CCC[C@H]1C(=O)O)[C@@H](C)O. The highest BCUT2D eigenvalue weighted by atomic mass is 32.1. The highest BCUT2D eigenvalue weighted by Crippen LogP contribution is 2.27. The largest absolute Gasteiger partial charge is 0.481 e. The van der Waals surface area contributed by atoms with Crippen molar-refractivity contribution >= 4 is 138 Å². The van der Waals surface area contributed by atoms with Crippen molar-refractivity contribution in [1.82, 2.24) is 82.7 Å². The van der Waals surface area contributed by atoms with E-state index < -0.39 is 235 Å².